The zero-order valence-electron chi connectivity index (χ0n) is 15.9. The molecule has 1 aromatic carbocycles. The van der Waals surface area contributed by atoms with Gasteiger partial charge in [0.05, 0.1) is 5.56 Å². The number of hydrogen-bond acceptors (Lipinski definition) is 4. The van der Waals surface area contributed by atoms with Crippen molar-refractivity contribution in [1.29, 1.82) is 0 Å². The summed E-state index contributed by atoms with van der Waals surface area (Å²) in [6.07, 6.45) is 3.06. The highest BCUT2D eigenvalue weighted by Crippen LogP contribution is 2.25. The van der Waals surface area contributed by atoms with Gasteiger partial charge in [0.25, 0.3) is 5.91 Å². The van der Waals surface area contributed by atoms with Crippen LogP contribution in [0.5, 0.6) is 0 Å². The molecule has 0 N–H and O–H groups in total. The fraction of sp³-hybridized carbons (Fsp3) is 0.381. The molecule has 2 amide bonds. The maximum Gasteiger partial charge on any atom is 0.257 e. The number of carbonyl (C=O) groups is 2. The van der Waals surface area contributed by atoms with E-state index in [4.69, 9.17) is 0 Å². The lowest BCUT2D eigenvalue weighted by Gasteiger charge is -2.35. The smallest absolute Gasteiger partial charge is 0.257 e. The van der Waals surface area contributed by atoms with E-state index in [2.05, 4.69) is 9.88 Å². The fourth-order valence-corrected chi connectivity index (χ4v) is 3.77. The monoisotopic (exact) mass is 382 g/mol. The van der Waals surface area contributed by atoms with E-state index in [0.29, 0.717) is 44.8 Å². The van der Waals surface area contributed by atoms with Crippen molar-refractivity contribution in [3.05, 3.63) is 53.5 Å². The highest BCUT2D eigenvalue weighted by atomic mass is 19.1. The van der Waals surface area contributed by atoms with Crippen molar-refractivity contribution >= 4 is 23.3 Å². The summed E-state index contributed by atoms with van der Waals surface area (Å²) in [5, 5.41) is 0. The van der Waals surface area contributed by atoms with E-state index in [-0.39, 0.29) is 17.4 Å². The van der Waals surface area contributed by atoms with Crippen molar-refractivity contribution in [2.24, 2.45) is 0 Å². The second-order valence-electron chi connectivity index (χ2n) is 7.28. The first kappa shape index (κ1) is 18.4. The van der Waals surface area contributed by atoms with Gasteiger partial charge in [0.1, 0.15) is 11.6 Å². The highest BCUT2D eigenvalue weighted by molar-refractivity contribution is 5.99. The van der Waals surface area contributed by atoms with Crippen LogP contribution in [0.15, 0.2) is 36.5 Å². The van der Waals surface area contributed by atoms with E-state index in [0.717, 1.165) is 17.8 Å². The van der Waals surface area contributed by atoms with Crippen LogP contribution in [0.25, 0.3) is 0 Å². The van der Waals surface area contributed by atoms with E-state index < -0.39 is 5.82 Å². The Morgan fingerprint density at radius 3 is 2.54 bits per heavy atom. The minimum atomic E-state index is -0.553. The molecule has 0 saturated carbocycles. The molecule has 4 rings (SSSR count). The molecule has 6 nitrogen and oxygen atoms in total. The van der Waals surface area contributed by atoms with Crippen molar-refractivity contribution in [3.8, 4) is 0 Å². The number of halogens is 1. The Balaban J connectivity index is 1.47. The van der Waals surface area contributed by atoms with Gasteiger partial charge in [-0.25, -0.2) is 9.37 Å². The quantitative estimate of drug-likeness (QED) is 0.819. The number of anilines is 2. The predicted molar refractivity (Wildman–Crippen MR) is 105 cm³/mol. The van der Waals surface area contributed by atoms with Gasteiger partial charge in [-0.3, -0.25) is 9.59 Å². The number of hydrogen-bond donors (Lipinski definition) is 0. The van der Waals surface area contributed by atoms with Gasteiger partial charge in [0.15, 0.2) is 0 Å². The second-order valence-corrected chi connectivity index (χ2v) is 7.28. The molecule has 0 aliphatic carbocycles. The zero-order chi connectivity index (χ0) is 19.7. The van der Waals surface area contributed by atoms with Crippen LogP contribution in [0.2, 0.25) is 0 Å². The van der Waals surface area contributed by atoms with Gasteiger partial charge in [0, 0.05) is 51.0 Å². The summed E-state index contributed by atoms with van der Waals surface area (Å²) in [6, 6.07) is 8.32. The Bertz CT molecular complexity index is 909. The molecule has 0 spiro atoms. The zero-order valence-corrected chi connectivity index (χ0v) is 15.9. The minimum absolute atomic E-state index is 0.0178. The van der Waals surface area contributed by atoms with E-state index in [1.165, 1.54) is 12.1 Å². The summed E-state index contributed by atoms with van der Waals surface area (Å²) < 4.78 is 14.4. The van der Waals surface area contributed by atoms with E-state index >= 15 is 0 Å². The first-order valence-electron chi connectivity index (χ1n) is 9.60. The number of nitrogens with zero attached hydrogens (tertiary/aromatic N) is 4. The Kier molecular flexibility index (Phi) is 4.98. The van der Waals surface area contributed by atoms with Crippen molar-refractivity contribution in [2.75, 3.05) is 42.5 Å². The van der Waals surface area contributed by atoms with E-state index in [1.807, 2.05) is 19.1 Å². The Labute approximate surface area is 163 Å². The lowest BCUT2D eigenvalue weighted by Crippen LogP contribution is -2.49. The molecule has 0 bridgehead atoms. The van der Waals surface area contributed by atoms with Crippen LogP contribution in [-0.4, -0.2) is 54.4 Å². The van der Waals surface area contributed by atoms with Crippen LogP contribution < -0.4 is 9.80 Å². The first-order valence-corrected chi connectivity index (χ1v) is 9.60. The molecule has 146 valence electrons. The average Bonchev–Trinajstić information content (AvgIpc) is 3.14. The molecule has 2 fully saturated rings. The molecule has 1 aromatic heterocycles. The van der Waals surface area contributed by atoms with Gasteiger partial charge < -0.3 is 14.7 Å². The molecule has 2 aliphatic rings. The fourth-order valence-electron chi connectivity index (χ4n) is 3.77. The maximum absolute atomic E-state index is 14.4. The van der Waals surface area contributed by atoms with Gasteiger partial charge >= 0.3 is 0 Å². The molecule has 0 atom stereocenters. The van der Waals surface area contributed by atoms with Crippen LogP contribution in [0.3, 0.4) is 0 Å². The normalized spacial score (nSPS) is 17.4. The summed E-state index contributed by atoms with van der Waals surface area (Å²) in [7, 11) is 0. The Hall–Kier alpha value is -2.96. The van der Waals surface area contributed by atoms with Gasteiger partial charge in [-0.1, -0.05) is 0 Å². The summed E-state index contributed by atoms with van der Waals surface area (Å²) in [4.78, 5) is 34.7. The third-order valence-electron chi connectivity index (χ3n) is 5.36. The average molecular weight is 382 g/mol. The lowest BCUT2D eigenvalue weighted by atomic mass is 10.1. The van der Waals surface area contributed by atoms with Crippen molar-refractivity contribution in [1.82, 2.24) is 9.88 Å². The highest BCUT2D eigenvalue weighted by Gasteiger charge is 2.27. The topological polar surface area (TPSA) is 56.8 Å². The third-order valence-corrected chi connectivity index (χ3v) is 5.36. The van der Waals surface area contributed by atoms with Gasteiger partial charge in [-0.05, 0) is 49.2 Å². The van der Waals surface area contributed by atoms with Crippen molar-refractivity contribution in [3.63, 3.8) is 0 Å². The third kappa shape index (κ3) is 3.56. The predicted octanol–water partition coefficient (Wildman–Crippen LogP) is 2.62. The number of carbonyl (C=O) groups excluding carboxylic acids is 2. The largest absolute Gasteiger partial charge is 0.353 e. The maximum atomic E-state index is 14.4. The lowest BCUT2D eigenvalue weighted by molar-refractivity contribution is -0.117. The minimum Gasteiger partial charge on any atom is -0.353 e. The molecule has 2 aliphatic heterocycles. The molecule has 0 unspecified atom stereocenters. The number of amides is 2. The second kappa shape index (κ2) is 7.58. The number of aryl methyl sites for hydroxylation is 1. The Morgan fingerprint density at radius 2 is 1.86 bits per heavy atom. The van der Waals surface area contributed by atoms with Gasteiger partial charge in [-0.15, -0.1) is 0 Å². The van der Waals surface area contributed by atoms with Gasteiger partial charge in [-0.2, -0.15) is 0 Å². The van der Waals surface area contributed by atoms with Crippen LogP contribution in [0, 0.1) is 12.7 Å². The van der Waals surface area contributed by atoms with Crippen LogP contribution in [0.4, 0.5) is 15.9 Å². The summed E-state index contributed by atoms with van der Waals surface area (Å²) in [6.45, 7) is 4.93. The first-order chi connectivity index (χ1) is 13.5. The molecule has 7 heteroatoms. The molecule has 2 aromatic rings. The molecule has 3 heterocycles. The van der Waals surface area contributed by atoms with E-state index in [1.54, 1.807) is 22.1 Å². The standard InChI is InChI=1S/C21H23FN4O2/c1-15-6-7-23-19(13-15)24-9-11-25(12-10-24)21(28)17-14-16(4-5-18(17)22)26-8-2-3-20(26)27/h4-7,13-14H,2-3,8-12H2,1H3. The van der Waals surface area contributed by atoms with Gasteiger partial charge in [0.2, 0.25) is 5.91 Å². The van der Waals surface area contributed by atoms with Crippen LogP contribution in [-0.2, 0) is 4.79 Å². The Morgan fingerprint density at radius 1 is 1.07 bits per heavy atom. The number of piperazine rings is 1. The molecule has 0 radical (unpaired) electrons. The molecule has 2 saturated heterocycles. The van der Waals surface area contributed by atoms with Crippen LogP contribution >= 0.6 is 0 Å². The number of rotatable bonds is 3. The number of benzene rings is 1. The molecule has 28 heavy (non-hydrogen) atoms. The molecular formula is C21H23FN4O2. The summed E-state index contributed by atoms with van der Waals surface area (Å²) in [5.74, 6) is 0.0307. The summed E-state index contributed by atoms with van der Waals surface area (Å²) >= 11 is 0. The van der Waals surface area contributed by atoms with E-state index in [9.17, 15) is 14.0 Å². The number of aromatic nitrogens is 1. The summed E-state index contributed by atoms with van der Waals surface area (Å²) in [5.41, 5.74) is 1.76. The number of pyridine rings is 1. The van der Waals surface area contributed by atoms with Crippen LogP contribution in [0.1, 0.15) is 28.8 Å². The van der Waals surface area contributed by atoms with Crippen molar-refractivity contribution in [2.45, 2.75) is 19.8 Å². The van der Waals surface area contributed by atoms with Crippen molar-refractivity contribution < 1.29 is 14.0 Å². The molecular weight excluding hydrogens is 359 g/mol. The SMILES string of the molecule is Cc1ccnc(N2CCN(C(=O)c3cc(N4CCCC4=O)ccc3F)CC2)c1.